The number of hydrogen-bond acceptors (Lipinski definition) is 3. The number of morpholine rings is 1. The number of hydrogen-bond donors (Lipinski definition) is 1. The number of ether oxygens (including phenoxy) is 1. The Labute approximate surface area is 111 Å². The third kappa shape index (κ3) is 2.21. The Balaban J connectivity index is 1.68. The van der Waals surface area contributed by atoms with Gasteiger partial charge in [-0.1, -0.05) is 13.3 Å². The van der Waals surface area contributed by atoms with Gasteiger partial charge in [-0.25, -0.2) is 0 Å². The van der Waals surface area contributed by atoms with E-state index in [1.54, 1.807) is 0 Å². The van der Waals surface area contributed by atoms with Gasteiger partial charge in [0.25, 0.3) is 0 Å². The molecule has 2 heterocycles. The maximum atomic E-state index is 6.18. The van der Waals surface area contributed by atoms with Gasteiger partial charge in [-0.15, -0.1) is 0 Å². The van der Waals surface area contributed by atoms with E-state index in [0.29, 0.717) is 17.7 Å². The minimum absolute atomic E-state index is 0.302. The van der Waals surface area contributed by atoms with E-state index in [2.05, 4.69) is 11.8 Å². The maximum Gasteiger partial charge on any atom is 0.0707 e. The van der Waals surface area contributed by atoms with Crippen LogP contribution in [0.1, 0.15) is 51.9 Å². The fraction of sp³-hybridized carbons (Fsp3) is 1.00. The van der Waals surface area contributed by atoms with Gasteiger partial charge in [-0.3, -0.25) is 4.90 Å². The lowest BCUT2D eigenvalue weighted by Gasteiger charge is -2.50. The first-order chi connectivity index (χ1) is 8.75. The summed E-state index contributed by atoms with van der Waals surface area (Å²) in [6.45, 7) is 5.42. The van der Waals surface area contributed by atoms with E-state index in [-0.39, 0.29) is 0 Å². The minimum atomic E-state index is 0.302. The molecule has 2 N–H and O–H groups in total. The summed E-state index contributed by atoms with van der Waals surface area (Å²) in [6.07, 6.45) is 10.2. The summed E-state index contributed by atoms with van der Waals surface area (Å²) in [5.74, 6) is 0.947. The van der Waals surface area contributed by atoms with Crippen molar-refractivity contribution in [2.24, 2.45) is 11.7 Å². The van der Waals surface area contributed by atoms with Crippen molar-refractivity contribution in [1.29, 1.82) is 0 Å². The zero-order valence-corrected chi connectivity index (χ0v) is 11.7. The van der Waals surface area contributed by atoms with Gasteiger partial charge in [-0.05, 0) is 44.4 Å². The monoisotopic (exact) mass is 252 g/mol. The summed E-state index contributed by atoms with van der Waals surface area (Å²) < 4.78 is 5.97. The number of fused-ring (bicyclic) bond motifs is 2. The van der Waals surface area contributed by atoms with Crippen LogP contribution in [0.15, 0.2) is 0 Å². The van der Waals surface area contributed by atoms with Crippen LogP contribution in [-0.2, 0) is 4.74 Å². The van der Waals surface area contributed by atoms with E-state index in [4.69, 9.17) is 10.5 Å². The van der Waals surface area contributed by atoms with Crippen molar-refractivity contribution in [1.82, 2.24) is 4.90 Å². The number of rotatable bonds is 3. The molecule has 0 aromatic heterocycles. The van der Waals surface area contributed by atoms with Crippen LogP contribution >= 0.6 is 0 Å². The van der Waals surface area contributed by atoms with Gasteiger partial charge in [0.1, 0.15) is 0 Å². The van der Waals surface area contributed by atoms with E-state index in [1.807, 2.05) is 0 Å². The molecule has 3 aliphatic rings. The molecule has 2 saturated heterocycles. The van der Waals surface area contributed by atoms with E-state index in [0.717, 1.165) is 25.6 Å². The van der Waals surface area contributed by atoms with Crippen molar-refractivity contribution < 1.29 is 4.74 Å². The van der Waals surface area contributed by atoms with E-state index < -0.39 is 0 Å². The number of nitrogens with two attached hydrogens (primary N) is 1. The minimum Gasteiger partial charge on any atom is -0.372 e. The quantitative estimate of drug-likeness (QED) is 0.836. The zero-order chi connectivity index (χ0) is 12.6. The Morgan fingerprint density at radius 3 is 2.22 bits per heavy atom. The van der Waals surface area contributed by atoms with E-state index >= 15 is 0 Å². The molecule has 18 heavy (non-hydrogen) atoms. The van der Waals surface area contributed by atoms with Crippen LogP contribution < -0.4 is 5.73 Å². The lowest BCUT2D eigenvalue weighted by atomic mass is 9.74. The van der Waals surface area contributed by atoms with Crippen LogP contribution in [0.25, 0.3) is 0 Å². The van der Waals surface area contributed by atoms with Gasteiger partial charge in [0.2, 0.25) is 0 Å². The summed E-state index contributed by atoms with van der Waals surface area (Å²) in [6, 6.07) is 0. The highest BCUT2D eigenvalue weighted by Crippen LogP contribution is 2.40. The Kier molecular flexibility index (Phi) is 3.65. The van der Waals surface area contributed by atoms with Gasteiger partial charge in [0, 0.05) is 25.2 Å². The molecule has 1 aliphatic carbocycles. The summed E-state index contributed by atoms with van der Waals surface area (Å²) in [4.78, 5) is 2.70. The largest absolute Gasteiger partial charge is 0.372 e. The van der Waals surface area contributed by atoms with Crippen molar-refractivity contribution in [3.8, 4) is 0 Å². The van der Waals surface area contributed by atoms with E-state index in [9.17, 15) is 0 Å². The molecule has 3 nitrogen and oxygen atoms in total. The van der Waals surface area contributed by atoms with Crippen molar-refractivity contribution in [2.75, 3.05) is 19.6 Å². The van der Waals surface area contributed by atoms with Crippen LogP contribution in [0, 0.1) is 5.92 Å². The predicted octanol–water partition coefficient (Wildman–Crippen LogP) is 2.15. The third-order valence-electron chi connectivity index (χ3n) is 5.71. The van der Waals surface area contributed by atoms with Crippen molar-refractivity contribution in [2.45, 2.75) is 69.6 Å². The molecule has 3 fully saturated rings. The average Bonchev–Trinajstić information content (AvgIpc) is 2.77. The standard InChI is InChI=1S/C15H28N2O/c1-2-12-5-7-15(11-16,8-6-12)17-9-13-3-4-14(10-17)18-13/h12-14H,2-11,16H2,1H3. The second-order valence-electron chi connectivity index (χ2n) is 6.64. The van der Waals surface area contributed by atoms with Gasteiger partial charge in [0.15, 0.2) is 0 Å². The molecule has 2 unspecified atom stereocenters. The summed E-state index contributed by atoms with van der Waals surface area (Å²) in [5.41, 5.74) is 6.49. The first-order valence-corrected chi connectivity index (χ1v) is 7.86. The molecule has 104 valence electrons. The SMILES string of the molecule is CCC1CCC(CN)(N2CC3CCC(C2)O3)CC1. The molecule has 0 aromatic rings. The van der Waals surface area contributed by atoms with Gasteiger partial charge in [0.05, 0.1) is 12.2 Å². The molecule has 1 saturated carbocycles. The molecule has 0 amide bonds. The fourth-order valence-corrected chi connectivity index (χ4v) is 4.27. The van der Waals surface area contributed by atoms with Crippen LogP contribution in [0.4, 0.5) is 0 Å². The molecule has 0 radical (unpaired) electrons. The molecule has 2 aliphatic heterocycles. The van der Waals surface area contributed by atoms with Crippen molar-refractivity contribution in [3.05, 3.63) is 0 Å². The highest BCUT2D eigenvalue weighted by atomic mass is 16.5. The average molecular weight is 252 g/mol. The molecule has 2 bridgehead atoms. The lowest BCUT2D eigenvalue weighted by Crippen LogP contribution is -2.60. The first kappa shape index (κ1) is 12.9. The molecular weight excluding hydrogens is 224 g/mol. The summed E-state index contributed by atoms with van der Waals surface area (Å²) in [7, 11) is 0. The molecule has 2 atom stereocenters. The first-order valence-electron chi connectivity index (χ1n) is 7.86. The van der Waals surface area contributed by atoms with Crippen LogP contribution in [0.3, 0.4) is 0 Å². The molecule has 3 heteroatoms. The molecule has 0 aromatic carbocycles. The number of nitrogens with zero attached hydrogens (tertiary/aromatic N) is 1. The Morgan fingerprint density at radius 1 is 1.11 bits per heavy atom. The van der Waals surface area contributed by atoms with Gasteiger partial charge < -0.3 is 10.5 Å². The van der Waals surface area contributed by atoms with Crippen molar-refractivity contribution >= 4 is 0 Å². The number of likely N-dealkylation sites (tertiary alicyclic amines) is 1. The van der Waals surface area contributed by atoms with Gasteiger partial charge in [-0.2, -0.15) is 0 Å². The lowest BCUT2D eigenvalue weighted by molar-refractivity contribution is -0.0882. The topological polar surface area (TPSA) is 38.5 Å². The highest BCUT2D eigenvalue weighted by Gasteiger charge is 2.44. The summed E-state index contributed by atoms with van der Waals surface area (Å²) >= 11 is 0. The van der Waals surface area contributed by atoms with Crippen LogP contribution in [0.5, 0.6) is 0 Å². The second kappa shape index (κ2) is 5.10. The van der Waals surface area contributed by atoms with Crippen molar-refractivity contribution in [3.63, 3.8) is 0 Å². The van der Waals surface area contributed by atoms with Crippen LogP contribution in [-0.4, -0.2) is 42.3 Å². The molecule has 3 rings (SSSR count). The van der Waals surface area contributed by atoms with Crippen LogP contribution in [0.2, 0.25) is 0 Å². The Morgan fingerprint density at radius 2 is 1.72 bits per heavy atom. The van der Waals surface area contributed by atoms with E-state index in [1.165, 1.54) is 44.9 Å². The maximum absolute atomic E-state index is 6.18. The molecule has 0 spiro atoms. The second-order valence-corrected chi connectivity index (χ2v) is 6.64. The highest BCUT2D eigenvalue weighted by molar-refractivity contribution is 5.00. The Hall–Kier alpha value is -0.120. The summed E-state index contributed by atoms with van der Waals surface area (Å²) in [5, 5.41) is 0. The zero-order valence-electron chi connectivity index (χ0n) is 11.7. The Bertz CT molecular complexity index is 274. The smallest absolute Gasteiger partial charge is 0.0707 e. The normalized spacial score (nSPS) is 45.3. The predicted molar refractivity (Wildman–Crippen MR) is 73.5 cm³/mol. The third-order valence-corrected chi connectivity index (χ3v) is 5.71. The fourth-order valence-electron chi connectivity index (χ4n) is 4.27. The van der Waals surface area contributed by atoms with Gasteiger partial charge >= 0.3 is 0 Å². The molecular formula is C15H28N2O.